The molecule has 0 radical (unpaired) electrons. The third-order valence-corrected chi connectivity index (χ3v) is 4.34. The molecule has 0 spiro atoms. The molecule has 2 aromatic rings. The Morgan fingerprint density at radius 1 is 1.26 bits per heavy atom. The number of nitrogens with two attached hydrogens (primary N) is 1. The molecule has 2 N–H and O–H groups in total. The first-order valence-electron chi connectivity index (χ1n) is 8.43. The van der Waals surface area contributed by atoms with E-state index >= 15 is 0 Å². The van der Waals surface area contributed by atoms with Gasteiger partial charge in [0.05, 0.1) is 5.52 Å². The summed E-state index contributed by atoms with van der Waals surface area (Å²) in [5, 5.41) is 0.199. The van der Waals surface area contributed by atoms with E-state index in [0.29, 0.717) is 24.9 Å². The van der Waals surface area contributed by atoms with Gasteiger partial charge in [-0.05, 0) is 49.9 Å². The Morgan fingerprint density at radius 3 is 2.56 bits per heavy atom. The van der Waals surface area contributed by atoms with Gasteiger partial charge >= 0.3 is 18.1 Å². The monoisotopic (exact) mass is 382 g/mol. The molecule has 144 valence electrons. The molecule has 1 aromatic heterocycles. The van der Waals surface area contributed by atoms with E-state index in [2.05, 4.69) is 4.74 Å². The van der Waals surface area contributed by atoms with Crippen molar-refractivity contribution in [2.24, 2.45) is 5.73 Å². The van der Waals surface area contributed by atoms with Crippen LogP contribution in [-0.2, 0) is 16.0 Å². The van der Waals surface area contributed by atoms with Crippen molar-refractivity contribution in [3.63, 3.8) is 0 Å². The lowest BCUT2D eigenvalue weighted by atomic mass is 10.0. The highest BCUT2D eigenvalue weighted by Gasteiger charge is 2.43. The van der Waals surface area contributed by atoms with Gasteiger partial charge in [-0.25, -0.2) is 9.59 Å². The topological polar surface area (TPSA) is 91.4 Å². The van der Waals surface area contributed by atoms with Crippen LogP contribution in [0.5, 0.6) is 0 Å². The van der Waals surface area contributed by atoms with E-state index in [1.165, 1.54) is 6.20 Å². The van der Waals surface area contributed by atoms with Crippen LogP contribution in [0, 0.1) is 0 Å². The summed E-state index contributed by atoms with van der Waals surface area (Å²) in [4.78, 5) is 35.7. The second-order valence-corrected chi connectivity index (χ2v) is 6.43. The Kier molecular flexibility index (Phi) is 5.05. The molecule has 1 aromatic carbocycles. The number of ether oxygens (including phenoxy) is 1. The van der Waals surface area contributed by atoms with Gasteiger partial charge in [-0.2, -0.15) is 13.2 Å². The first-order chi connectivity index (χ1) is 12.7. The molecule has 0 saturated heterocycles. The highest BCUT2D eigenvalue weighted by Crippen LogP contribution is 2.37. The average Bonchev–Trinajstić information content (AvgIpc) is 3.44. The fourth-order valence-corrected chi connectivity index (χ4v) is 2.86. The average molecular weight is 382 g/mol. The molecular formula is C18H17F3N2O4. The lowest BCUT2D eigenvalue weighted by Gasteiger charge is -2.13. The van der Waals surface area contributed by atoms with E-state index in [-0.39, 0.29) is 11.4 Å². The molecule has 0 bridgehead atoms. The highest BCUT2D eigenvalue weighted by molar-refractivity contribution is 6.00. The molecule has 27 heavy (non-hydrogen) atoms. The largest absolute Gasteiger partial charge is 0.491 e. The zero-order valence-corrected chi connectivity index (χ0v) is 14.2. The van der Waals surface area contributed by atoms with Gasteiger partial charge in [-0.15, -0.1) is 0 Å². The van der Waals surface area contributed by atoms with Crippen LogP contribution in [0.25, 0.3) is 10.9 Å². The van der Waals surface area contributed by atoms with Crippen LogP contribution in [0.15, 0.2) is 29.2 Å². The number of carbonyl (C=O) groups is 2. The molecule has 1 heterocycles. The van der Waals surface area contributed by atoms with Crippen molar-refractivity contribution in [3.05, 3.63) is 45.7 Å². The number of alkyl halides is 3. The first-order valence-corrected chi connectivity index (χ1v) is 8.43. The van der Waals surface area contributed by atoms with Gasteiger partial charge in [0.1, 0.15) is 5.56 Å². The van der Waals surface area contributed by atoms with Crippen molar-refractivity contribution in [1.29, 1.82) is 0 Å². The summed E-state index contributed by atoms with van der Waals surface area (Å²) in [5.74, 6) is -4.26. The Morgan fingerprint density at radius 2 is 1.96 bits per heavy atom. The van der Waals surface area contributed by atoms with Gasteiger partial charge in [0, 0.05) is 17.6 Å². The number of aryl methyl sites for hydroxylation is 1. The van der Waals surface area contributed by atoms with Gasteiger partial charge in [-0.3, -0.25) is 4.79 Å². The van der Waals surface area contributed by atoms with Crippen molar-refractivity contribution < 1.29 is 27.5 Å². The zero-order chi connectivity index (χ0) is 19.8. The van der Waals surface area contributed by atoms with E-state index < -0.39 is 29.1 Å². The van der Waals surface area contributed by atoms with Crippen molar-refractivity contribution in [2.75, 3.05) is 6.54 Å². The zero-order valence-electron chi connectivity index (χ0n) is 14.2. The normalized spacial score (nSPS) is 14.4. The van der Waals surface area contributed by atoms with Gasteiger partial charge in [0.25, 0.3) is 0 Å². The number of halogens is 3. The smallest absolute Gasteiger partial charge is 0.382 e. The van der Waals surface area contributed by atoms with Crippen LogP contribution >= 0.6 is 0 Å². The van der Waals surface area contributed by atoms with Crippen molar-refractivity contribution in [3.8, 4) is 0 Å². The number of fused-ring (bicyclic) bond motifs is 1. The summed E-state index contributed by atoms with van der Waals surface area (Å²) in [6, 6.07) is 5.25. The molecule has 3 rings (SSSR count). The summed E-state index contributed by atoms with van der Waals surface area (Å²) < 4.78 is 42.6. The number of esters is 2. The number of pyridine rings is 1. The Bertz CT molecular complexity index is 961. The fraction of sp³-hybridized carbons (Fsp3) is 0.389. The third-order valence-electron chi connectivity index (χ3n) is 4.34. The van der Waals surface area contributed by atoms with Crippen molar-refractivity contribution in [2.45, 2.75) is 37.9 Å². The molecule has 0 aliphatic heterocycles. The molecule has 1 saturated carbocycles. The predicted octanol–water partition coefficient (Wildman–Crippen LogP) is 2.47. The van der Waals surface area contributed by atoms with Crippen LogP contribution in [0.4, 0.5) is 13.2 Å². The number of rotatable bonds is 5. The van der Waals surface area contributed by atoms with E-state index in [0.717, 1.165) is 18.4 Å². The highest BCUT2D eigenvalue weighted by atomic mass is 19.4. The molecule has 0 amide bonds. The van der Waals surface area contributed by atoms with E-state index in [9.17, 15) is 27.6 Å². The summed E-state index contributed by atoms with van der Waals surface area (Å²) in [6.07, 6.45) is -1.18. The molecule has 1 aliphatic rings. The number of hydrogen-bond donors (Lipinski definition) is 1. The fourth-order valence-electron chi connectivity index (χ4n) is 2.86. The maximum atomic E-state index is 12.7. The molecule has 1 aliphatic carbocycles. The SMILES string of the molecule is NCCCc1ccc2c(c1)c(=O)c(C(=O)OC(=O)C(F)(F)F)cn2C1CC1. The quantitative estimate of drug-likeness (QED) is 0.634. The van der Waals surface area contributed by atoms with E-state index in [1.54, 1.807) is 16.7 Å². The van der Waals surface area contributed by atoms with Gasteiger partial charge < -0.3 is 15.0 Å². The Balaban J connectivity index is 2.07. The number of benzene rings is 1. The van der Waals surface area contributed by atoms with Crippen LogP contribution in [-0.4, -0.2) is 29.2 Å². The van der Waals surface area contributed by atoms with Crippen molar-refractivity contribution >= 4 is 22.8 Å². The summed E-state index contributed by atoms with van der Waals surface area (Å²) >= 11 is 0. The minimum atomic E-state index is -5.32. The first kappa shape index (κ1) is 19.1. The van der Waals surface area contributed by atoms with Crippen LogP contribution in [0.3, 0.4) is 0 Å². The number of aromatic nitrogens is 1. The maximum Gasteiger partial charge on any atom is 0.491 e. The van der Waals surface area contributed by atoms with Gasteiger partial charge in [0.2, 0.25) is 5.43 Å². The second-order valence-electron chi connectivity index (χ2n) is 6.43. The van der Waals surface area contributed by atoms with Gasteiger partial charge in [0.15, 0.2) is 0 Å². The molecule has 0 unspecified atom stereocenters. The minimum Gasteiger partial charge on any atom is -0.382 e. The minimum absolute atomic E-state index is 0.0489. The lowest BCUT2D eigenvalue weighted by Crippen LogP contribution is -2.30. The maximum absolute atomic E-state index is 12.7. The summed E-state index contributed by atoms with van der Waals surface area (Å²) in [7, 11) is 0. The molecule has 1 fully saturated rings. The van der Waals surface area contributed by atoms with E-state index in [4.69, 9.17) is 5.73 Å². The lowest BCUT2D eigenvalue weighted by molar-refractivity contribution is -0.193. The van der Waals surface area contributed by atoms with Crippen LogP contribution < -0.4 is 11.2 Å². The number of nitrogens with zero attached hydrogens (tertiary/aromatic N) is 1. The molecule has 9 heteroatoms. The molecule has 0 atom stereocenters. The predicted molar refractivity (Wildman–Crippen MR) is 90.3 cm³/mol. The number of carbonyl (C=O) groups excluding carboxylic acids is 2. The Labute approximate surface area is 151 Å². The molecular weight excluding hydrogens is 365 g/mol. The Hall–Kier alpha value is -2.68. The summed E-state index contributed by atoms with van der Waals surface area (Å²) in [5.41, 5.74) is 5.53. The van der Waals surface area contributed by atoms with E-state index in [1.807, 2.05) is 6.07 Å². The van der Waals surface area contributed by atoms with Crippen LogP contribution in [0.1, 0.15) is 41.2 Å². The van der Waals surface area contributed by atoms with Crippen LogP contribution in [0.2, 0.25) is 0 Å². The summed E-state index contributed by atoms with van der Waals surface area (Å²) in [6.45, 7) is 0.469. The third kappa shape index (κ3) is 4.02. The van der Waals surface area contributed by atoms with Crippen molar-refractivity contribution in [1.82, 2.24) is 4.57 Å². The molecule has 6 nitrogen and oxygen atoms in total. The standard InChI is InChI=1S/C18H17F3N2O4/c19-18(20,21)17(26)27-16(25)13-9-23(11-4-5-11)14-6-3-10(2-1-7-22)8-12(14)15(13)24/h3,6,8-9,11H,1-2,4-5,7,22H2. The second kappa shape index (κ2) is 7.15. The number of hydrogen-bond acceptors (Lipinski definition) is 5. The van der Waals surface area contributed by atoms with Gasteiger partial charge in [-0.1, -0.05) is 6.07 Å².